The molecule has 0 atom stereocenters. The normalized spacial score (nSPS) is 11.6. The van der Waals surface area contributed by atoms with Crippen LogP contribution in [0, 0.1) is 13.8 Å². The van der Waals surface area contributed by atoms with E-state index in [1.54, 1.807) is 19.9 Å². The first-order valence-corrected chi connectivity index (χ1v) is 8.17. The van der Waals surface area contributed by atoms with Gasteiger partial charge in [-0.25, -0.2) is 0 Å². The Labute approximate surface area is 151 Å². The van der Waals surface area contributed by atoms with Crippen LogP contribution in [-0.2, 0) is 4.79 Å². The third-order valence-corrected chi connectivity index (χ3v) is 3.86. The van der Waals surface area contributed by atoms with E-state index >= 15 is 0 Å². The van der Waals surface area contributed by atoms with E-state index in [0.717, 1.165) is 6.08 Å². The minimum absolute atomic E-state index is 0.0529. The van der Waals surface area contributed by atoms with Gasteiger partial charge in [-0.3, -0.25) is 20.4 Å². The van der Waals surface area contributed by atoms with Gasteiger partial charge < -0.3 is 4.42 Å². The third kappa shape index (κ3) is 5.99. The number of carbonyl (C=O) groups is 2. The Balaban J connectivity index is 1.87. The number of carbonyl (C=O) groups excluding carboxylic acids is 2. The zero-order valence-electron chi connectivity index (χ0n) is 13.8. The molecular formula is C17H15F3N2O3S. The Bertz CT molecular complexity index is 827. The second-order valence-electron chi connectivity index (χ2n) is 5.22. The predicted octanol–water partition coefficient (Wildman–Crippen LogP) is 3.98. The highest BCUT2D eigenvalue weighted by atomic mass is 32.2. The van der Waals surface area contributed by atoms with E-state index in [2.05, 4.69) is 10.9 Å². The SMILES string of the molecule is Cc1cc(C(=O)NNC(=O)/C=C/c2ccc(SC(F)(F)F)cc2)c(C)o1. The fraction of sp³-hybridized carbons (Fsp3) is 0.176. The highest BCUT2D eigenvalue weighted by Gasteiger charge is 2.28. The van der Waals surface area contributed by atoms with Crippen molar-refractivity contribution in [2.24, 2.45) is 0 Å². The summed E-state index contributed by atoms with van der Waals surface area (Å²) in [6, 6.07) is 7.07. The Morgan fingerprint density at radius 2 is 1.77 bits per heavy atom. The smallest absolute Gasteiger partial charge is 0.446 e. The average Bonchev–Trinajstić information content (AvgIpc) is 2.89. The van der Waals surface area contributed by atoms with E-state index in [1.807, 2.05) is 0 Å². The van der Waals surface area contributed by atoms with Gasteiger partial charge in [0.15, 0.2) is 0 Å². The topological polar surface area (TPSA) is 71.3 Å². The quantitative estimate of drug-likeness (QED) is 0.475. The molecule has 0 unspecified atom stereocenters. The highest BCUT2D eigenvalue weighted by molar-refractivity contribution is 8.00. The maximum Gasteiger partial charge on any atom is 0.446 e. The molecule has 0 spiro atoms. The lowest BCUT2D eigenvalue weighted by molar-refractivity contribution is -0.117. The molecule has 138 valence electrons. The molecule has 5 nitrogen and oxygen atoms in total. The number of amides is 2. The van der Waals surface area contributed by atoms with Crippen molar-refractivity contribution in [2.75, 3.05) is 0 Å². The highest BCUT2D eigenvalue weighted by Crippen LogP contribution is 2.36. The monoisotopic (exact) mass is 384 g/mol. The standard InChI is InChI=1S/C17H15F3N2O3S/c1-10-9-14(11(2)25-10)16(24)22-21-15(23)8-5-12-3-6-13(7-4-12)26-17(18,19)20/h3-9H,1-2H3,(H,21,23)(H,22,24)/b8-5+. The molecule has 0 aliphatic heterocycles. The van der Waals surface area contributed by atoms with Gasteiger partial charge in [-0.15, -0.1) is 0 Å². The number of hydrogen-bond acceptors (Lipinski definition) is 4. The van der Waals surface area contributed by atoms with Crippen molar-refractivity contribution in [1.29, 1.82) is 0 Å². The summed E-state index contributed by atoms with van der Waals surface area (Å²) in [6.07, 6.45) is 2.57. The van der Waals surface area contributed by atoms with Gasteiger partial charge in [-0.1, -0.05) is 12.1 Å². The van der Waals surface area contributed by atoms with Crippen LogP contribution in [0.4, 0.5) is 13.2 Å². The number of alkyl halides is 3. The molecule has 2 N–H and O–H groups in total. The van der Waals surface area contributed by atoms with Crippen LogP contribution < -0.4 is 10.9 Å². The predicted molar refractivity (Wildman–Crippen MR) is 91.2 cm³/mol. The molecule has 0 fully saturated rings. The van der Waals surface area contributed by atoms with Crippen LogP contribution in [0.5, 0.6) is 0 Å². The van der Waals surface area contributed by atoms with Gasteiger partial charge in [-0.2, -0.15) is 13.2 Å². The van der Waals surface area contributed by atoms with E-state index < -0.39 is 17.3 Å². The zero-order chi connectivity index (χ0) is 19.3. The van der Waals surface area contributed by atoms with E-state index in [4.69, 9.17) is 4.42 Å². The summed E-state index contributed by atoms with van der Waals surface area (Å²) >= 11 is -0.213. The van der Waals surface area contributed by atoms with Crippen molar-refractivity contribution in [2.45, 2.75) is 24.3 Å². The van der Waals surface area contributed by atoms with E-state index in [-0.39, 0.29) is 16.7 Å². The number of nitrogens with one attached hydrogen (secondary N) is 2. The van der Waals surface area contributed by atoms with Crippen molar-refractivity contribution in [3.63, 3.8) is 0 Å². The molecule has 2 rings (SSSR count). The molecule has 2 aromatic rings. The summed E-state index contributed by atoms with van der Waals surface area (Å²) in [5.74, 6) is -0.104. The second kappa shape index (κ2) is 8.13. The average molecular weight is 384 g/mol. The first-order chi connectivity index (χ1) is 12.1. The van der Waals surface area contributed by atoms with Gasteiger partial charge >= 0.3 is 5.51 Å². The van der Waals surface area contributed by atoms with Crippen LogP contribution in [0.15, 0.2) is 45.7 Å². The molecular weight excluding hydrogens is 369 g/mol. The molecule has 1 aromatic carbocycles. The zero-order valence-corrected chi connectivity index (χ0v) is 14.6. The van der Waals surface area contributed by atoms with Crippen molar-refractivity contribution in [3.05, 3.63) is 59.1 Å². The van der Waals surface area contributed by atoms with Gasteiger partial charge in [0.2, 0.25) is 0 Å². The van der Waals surface area contributed by atoms with Crippen LogP contribution >= 0.6 is 11.8 Å². The minimum atomic E-state index is -4.35. The summed E-state index contributed by atoms with van der Waals surface area (Å²) in [5.41, 5.74) is 0.961. The molecule has 2 amide bonds. The lowest BCUT2D eigenvalue weighted by Gasteiger charge is -2.05. The number of thioether (sulfide) groups is 1. The molecule has 1 heterocycles. The first-order valence-electron chi connectivity index (χ1n) is 7.35. The Hall–Kier alpha value is -2.68. The largest absolute Gasteiger partial charge is 0.466 e. The Morgan fingerprint density at radius 3 is 2.31 bits per heavy atom. The summed E-state index contributed by atoms with van der Waals surface area (Å²) in [4.78, 5) is 23.7. The molecule has 0 aliphatic carbocycles. The first kappa shape index (κ1) is 19.6. The van der Waals surface area contributed by atoms with Gasteiger partial charge in [0.1, 0.15) is 11.5 Å². The third-order valence-electron chi connectivity index (χ3n) is 3.13. The van der Waals surface area contributed by atoms with Crippen LogP contribution in [0.1, 0.15) is 27.4 Å². The van der Waals surface area contributed by atoms with Crippen LogP contribution in [0.3, 0.4) is 0 Å². The summed E-state index contributed by atoms with van der Waals surface area (Å²) in [7, 11) is 0. The van der Waals surface area contributed by atoms with Crippen LogP contribution in [0.25, 0.3) is 6.08 Å². The number of hydrogen-bond donors (Lipinski definition) is 2. The maximum absolute atomic E-state index is 12.3. The number of rotatable bonds is 4. The number of benzene rings is 1. The van der Waals surface area contributed by atoms with Gasteiger partial charge in [0.05, 0.1) is 5.56 Å². The molecule has 0 saturated heterocycles. The minimum Gasteiger partial charge on any atom is -0.466 e. The fourth-order valence-electron chi connectivity index (χ4n) is 2.04. The molecule has 0 aliphatic rings. The number of aryl methyl sites for hydroxylation is 2. The van der Waals surface area contributed by atoms with Crippen molar-refractivity contribution < 1.29 is 27.2 Å². The lowest BCUT2D eigenvalue weighted by Crippen LogP contribution is -2.40. The number of hydrazine groups is 1. The molecule has 0 radical (unpaired) electrons. The van der Waals surface area contributed by atoms with E-state index in [9.17, 15) is 22.8 Å². The van der Waals surface area contributed by atoms with Crippen molar-refractivity contribution in [1.82, 2.24) is 10.9 Å². The van der Waals surface area contributed by atoms with Crippen LogP contribution in [0.2, 0.25) is 0 Å². The molecule has 0 bridgehead atoms. The van der Waals surface area contributed by atoms with Gasteiger partial charge in [0, 0.05) is 11.0 Å². The molecule has 26 heavy (non-hydrogen) atoms. The maximum atomic E-state index is 12.3. The van der Waals surface area contributed by atoms with E-state index in [0.29, 0.717) is 22.6 Å². The Morgan fingerprint density at radius 1 is 1.12 bits per heavy atom. The number of halogens is 3. The van der Waals surface area contributed by atoms with Crippen molar-refractivity contribution >= 4 is 29.7 Å². The fourth-order valence-corrected chi connectivity index (χ4v) is 2.58. The van der Waals surface area contributed by atoms with Gasteiger partial charge in [-0.05, 0) is 55.4 Å². The molecule has 9 heteroatoms. The molecule has 0 saturated carbocycles. The Kier molecular flexibility index (Phi) is 6.14. The lowest BCUT2D eigenvalue weighted by atomic mass is 10.2. The van der Waals surface area contributed by atoms with Crippen LogP contribution in [-0.4, -0.2) is 17.3 Å². The van der Waals surface area contributed by atoms with Gasteiger partial charge in [0.25, 0.3) is 11.8 Å². The second-order valence-corrected chi connectivity index (χ2v) is 6.36. The van der Waals surface area contributed by atoms with Crippen molar-refractivity contribution in [3.8, 4) is 0 Å². The summed E-state index contributed by atoms with van der Waals surface area (Å²) < 4.78 is 42.0. The van der Waals surface area contributed by atoms with E-state index in [1.165, 1.54) is 30.3 Å². The summed E-state index contributed by atoms with van der Waals surface area (Å²) in [6.45, 7) is 3.33. The summed E-state index contributed by atoms with van der Waals surface area (Å²) in [5, 5.41) is 0. The molecule has 1 aromatic heterocycles. The number of furan rings is 1.